The number of benzene rings is 3. The zero-order chi connectivity index (χ0) is 24.4. The number of anilines is 1. The van der Waals surface area contributed by atoms with Crippen LogP contribution in [0.3, 0.4) is 0 Å². The summed E-state index contributed by atoms with van der Waals surface area (Å²) in [5.74, 6) is -0.0431. The van der Waals surface area contributed by atoms with Crippen LogP contribution in [0, 0.1) is 0 Å². The minimum Gasteiger partial charge on any atom is -0.355 e. The van der Waals surface area contributed by atoms with E-state index in [9.17, 15) is 4.79 Å². The molecule has 0 radical (unpaired) electrons. The Morgan fingerprint density at radius 1 is 0.886 bits per heavy atom. The van der Waals surface area contributed by atoms with Gasteiger partial charge >= 0.3 is 0 Å². The van der Waals surface area contributed by atoms with Gasteiger partial charge in [-0.05, 0) is 85.9 Å². The molecule has 0 saturated carbocycles. The van der Waals surface area contributed by atoms with Crippen LogP contribution in [0.4, 0.5) is 5.69 Å². The van der Waals surface area contributed by atoms with Gasteiger partial charge in [0.05, 0.1) is 5.57 Å². The summed E-state index contributed by atoms with van der Waals surface area (Å²) in [5.41, 5.74) is 9.23. The second kappa shape index (κ2) is 9.93. The monoisotopic (exact) mass is 463 g/mol. The molecule has 2 N–H and O–H groups in total. The molecule has 1 aliphatic heterocycles. The molecule has 1 aliphatic rings. The fourth-order valence-electron chi connectivity index (χ4n) is 5.08. The number of carbonyl (C=O) groups excluding carboxylic acids is 1. The number of H-pyrrole nitrogens is 1. The lowest BCUT2D eigenvalue weighted by molar-refractivity contribution is -0.110. The summed E-state index contributed by atoms with van der Waals surface area (Å²) in [4.78, 5) is 19.0. The maximum absolute atomic E-state index is 13.0. The topological polar surface area (TPSA) is 48.1 Å². The van der Waals surface area contributed by atoms with Gasteiger partial charge in [-0.1, -0.05) is 62.4 Å². The molecule has 1 aromatic heterocycles. The van der Waals surface area contributed by atoms with Gasteiger partial charge in [0.2, 0.25) is 0 Å². The minimum absolute atomic E-state index is 0.0431. The van der Waals surface area contributed by atoms with Crippen LogP contribution in [0.25, 0.3) is 33.2 Å². The Kier molecular flexibility index (Phi) is 6.56. The number of hydrogen-bond acceptors (Lipinski definition) is 2. The molecule has 4 aromatic rings. The van der Waals surface area contributed by atoms with Crippen molar-refractivity contribution in [1.29, 1.82) is 0 Å². The number of aromatic nitrogens is 1. The van der Waals surface area contributed by atoms with Gasteiger partial charge < -0.3 is 15.2 Å². The molecule has 2 heterocycles. The average Bonchev–Trinajstić information content (AvgIpc) is 3.46. The van der Waals surface area contributed by atoms with Gasteiger partial charge in [0.1, 0.15) is 0 Å². The highest BCUT2D eigenvalue weighted by atomic mass is 16.2. The van der Waals surface area contributed by atoms with E-state index in [1.165, 1.54) is 10.9 Å². The third kappa shape index (κ3) is 4.67. The van der Waals surface area contributed by atoms with Gasteiger partial charge in [-0.2, -0.15) is 0 Å². The Bertz CT molecular complexity index is 1390. The molecule has 0 bridgehead atoms. The van der Waals surface area contributed by atoms with Crippen molar-refractivity contribution in [3.63, 3.8) is 0 Å². The zero-order valence-electron chi connectivity index (χ0n) is 20.8. The molecular formula is C31H33N3O. The molecule has 0 saturated heterocycles. The summed E-state index contributed by atoms with van der Waals surface area (Å²) in [5, 5.41) is 4.27. The lowest BCUT2D eigenvalue weighted by Gasteiger charge is -2.17. The lowest BCUT2D eigenvalue weighted by Crippen LogP contribution is -2.24. The zero-order valence-corrected chi connectivity index (χ0v) is 20.8. The Balaban J connectivity index is 1.41. The van der Waals surface area contributed by atoms with E-state index in [1.807, 2.05) is 25.1 Å². The van der Waals surface area contributed by atoms with E-state index in [1.54, 1.807) is 0 Å². The summed E-state index contributed by atoms with van der Waals surface area (Å²) < 4.78 is 0. The molecule has 0 fully saturated rings. The largest absolute Gasteiger partial charge is 0.355 e. The summed E-state index contributed by atoms with van der Waals surface area (Å²) in [7, 11) is 0. The van der Waals surface area contributed by atoms with Crippen LogP contribution in [-0.4, -0.2) is 35.4 Å². The highest BCUT2D eigenvalue weighted by Crippen LogP contribution is 2.39. The van der Waals surface area contributed by atoms with Crippen LogP contribution >= 0.6 is 0 Å². The second-order valence-electron chi connectivity index (χ2n) is 9.32. The summed E-state index contributed by atoms with van der Waals surface area (Å²) in [6.45, 7) is 9.82. The molecule has 178 valence electrons. The van der Waals surface area contributed by atoms with Gasteiger partial charge in [-0.3, -0.25) is 4.79 Å². The molecule has 0 spiro atoms. The highest BCUT2D eigenvalue weighted by molar-refractivity contribution is 6.36. The smallest absolute Gasteiger partial charge is 0.256 e. The molecule has 0 unspecified atom stereocenters. The van der Waals surface area contributed by atoms with E-state index < -0.39 is 0 Å². The van der Waals surface area contributed by atoms with Crippen molar-refractivity contribution < 1.29 is 4.79 Å². The number of rotatable bonds is 8. The normalized spacial score (nSPS) is 14.5. The van der Waals surface area contributed by atoms with E-state index in [-0.39, 0.29) is 5.91 Å². The minimum atomic E-state index is -0.0431. The van der Waals surface area contributed by atoms with E-state index in [2.05, 4.69) is 83.6 Å². The van der Waals surface area contributed by atoms with Crippen LogP contribution in [0.1, 0.15) is 44.0 Å². The number of hydrogen-bond donors (Lipinski definition) is 2. The summed E-state index contributed by atoms with van der Waals surface area (Å²) >= 11 is 0. The third-order valence-electron chi connectivity index (χ3n) is 7.17. The van der Waals surface area contributed by atoms with Crippen LogP contribution in [0.2, 0.25) is 0 Å². The molecule has 3 aromatic carbocycles. The van der Waals surface area contributed by atoms with E-state index in [0.717, 1.165) is 77.2 Å². The van der Waals surface area contributed by atoms with Gasteiger partial charge in [0.25, 0.3) is 5.91 Å². The number of nitrogens with zero attached hydrogens (tertiary/aromatic N) is 1. The number of fused-ring (bicyclic) bond motifs is 2. The van der Waals surface area contributed by atoms with Crippen molar-refractivity contribution >= 4 is 33.6 Å². The Hall–Kier alpha value is -3.63. The fourth-order valence-corrected chi connectivity index (χ4v) is 5.08. The van der Waals surface area contributed by atoms with E-state index in [0.29, 0.717) is 0 Å². The Morgan fingerprint density at radius 2 is 1.69 bits per heavy atom. The van der Waals surface area contributed by atoms with Crippen LogP contribution < -0.4 is 5.32 Å². The summed E-state index contributed by atoms with van der Waals surface area (Å²) in [6.07, 6.45) is 2.24. The summed E-state index contributed by atoms with van der Waals surface area (Å²) in [6, 6.07) is 25.3. The number of allylic oxidation sites excluding steroid dienone is 1. The quantitative estimate of drug-likeness (QED) is 0.277. The Morgan fingerprint density at radius 3 is 2.46 bits per heavy atom. The van der Waals surface area contributed by atoms with Crippen LogP contribution in [-0.2, 0) is 11.2 Å². The maximum Gasteiger partial charge on any atom is 0.256 e. The van der Waals surface area contributed by atoms with E-state index >= 15 is 0 Å². The van der Waals surface area contributed by atoms with E-state index in [4.69, 9.17) is 0 Å². The average molecular weight is 464 g/mol. The number of aromatic amines is 1. The molecule has 4 heteroatoms. The van der Waals surface area contributed by atoms with Gasteiger partial charge in [0, 0.05) is 27.8 Å². The van der Waals surface area contributed by atoms with Crippen LogP contribution in [0.15, 0.2) is 72.8 Å². The number of nitrogens with one attached hydrogen (secondary N) is 2. The predicted molar refractivity (Wildman–Crippen MR) is 147 cm³/mol. The van der Waals surface area contributed by atoms with Crippen LogP contribution in [0.5, 0.6) is 0 Å². The van der Waals surface area contributed by atoms with Crippen molar-refractivity contribution in [2.45, 2.75) is 33.6 Å². The first-order valence-corrected chi connectivity index (χ1v) is 12.6. The van der Waals surface area contributed by atoms with Crippen molar-refractivity contribution in [1.82, 2.24) is 9.88 Å². The second-order valence-corrected chi connectivity index (χ2v) is 9.32. The number of aryl methyl sites for hydroxylation is 1. The van der Waals surface area contributed by atoms with Gasteiger partial charge in [-0.15, -0.1) is 0 Å². The SMILES string of the molecule is CCN(CC)CCCc1ccc2[nH]c(/C(C)=C3\C(=O)Nc4cc(-c5ccccc5)ccc43)cc2c1. The number of carbonyl (C=O) groups is 1. The predicted octanol–water partition coefficient (Wildman–Crippen LogP) is 6.99. The molecular weight excluding hydrogens is 430 g/mol. The van der Waals surface area contributed by atoms with Crippen molar-refractivity contribution in [2.24, 2.45) is 0 Å². The molecule has 1 amide bonds. The van der Waals surface area contributed by atoms with Gasteiger partial charge in [0.15, 0.2) is 0 Å². The third-order valence-corrected chi connectivity index (χ3v) is 7.17. The molecule has 4 nitrogen and oxygen atoms in total. The first-order chi connectivity index (χ1) is 17.1. The van der Waals surface area contributed by atoms with Crippen molar-refractivity contribution in [3.8, 4) is 11.1 Å². The molecule has 0 aliphatic carbocycles. The first kappa shape index (κ1) is 23.1. The molecule has 35 heavy (non-hydrogen) atoms. The number of amides is 1. The Labute approximate surface area is 207 Å². The molecule has 0 atom stereocenters. The van der Waals surface area contributed by atoms with Crippen molar-refractivity contribution in [2.75, 3.05) is 25.0 Å². The van der Waals surface area contributed by atoms with Crippen molar-refractivity contribution in [3.05, 3.63) is 89.6 Å². The molecule has 5 rings (SSSR count). The van der Waals surface area contributed by atoms with Gasteiger partial charge in [-0.25, -0.2) is 0 Å². The standard InChI is InChI=1S/C31H33N3O/c1-4-34(5-2)17-9-10-22-13-16-27-25(18-22)20-28(32-27)21(3)30-26-15-14-24(19-29(26)33-31(30)35)23-11-7-6-8-12-23/h6-8,11-16,18-20,32H,4-5,9-10,17H2,1-3H3,(H,33,35)/b30-21-. The first-order valence-electron chi connectivity index (χ1n) is 12.6. The fraction of sp³-hybridized carbons (Fsp3) is 0.258. The maximum atomic E-state index is 13.0. The highest BCUT2D eigenvalue weighted by Gasteiger charge is 2.27. The lowest BCUT2D eigenvalue weighted by atomic mass is 9.97.